The first-order chi connectivity index (χ1) is 12.4. The van der Waals surface area contributed by atoms with E-state index < -0.39 is 0 Å². The molecule has 3 fully saturated rings. The summed E-state index contributed by atoms with van der Waals surface area (Å²) in [6, 6.07) is 0. The van der Waals surface area contributed by atoms with Crippen LogP contribution in [0.1, 0.15) is 72.1 Å². The summed E-state index contributed by atoms with van der Waals surface area (Å²) in [7, 11) is 0. The largest absolute Gasteiger partial charge is 0.393 e. The van der Waals surface area contributed by atoms with Gasteiger partial charge in [-0.3, -0.25) is 9.59 Å². The summed E-state index contributed by atoms with van der Waals surface area (Å²) in [5, 5.41) is 0. The molecule has 0 radical (unpaired) electrons. The van der Waals surface area contributed by atoms with Crippen LogP contribution in [0.5, 0.6) is 0 Å². The summed E-state index contributed by atoms with van der Waals surface area (Å²) in [5.74, 6) is 1.23. The van der Waals surface area contributed by atoms with E-state index in [1.165, 1.54) is 19.3 Å². The summed E-state index contributed by atoms with van der Waals surface area (Å²) < 4.78 is 5.14. The molecule has 6 atom stereocenters. The fourth-order valence-electron chi connectivity index (χ4n) is 6.98. The van der Waals surface area contributed by atoms with Crippen molar-refractivity contribution < 1.29 is 14.3 Å². The maximum atomic E-state index is 12.7. The van der Waals surface area contributed by atoms with Crippen LogP contribution in [0.15, 0.2) is 23.8 Å². The Morgan fingerprint density at radius 1 is 1.15 bits per heavy atom. The second kappa shape index (κ2) is 6.35. The number of allylic oxidation sites excluding steroid dienone is 4. The minimum Gasteiger partial charge on any atom is -0.393 e. The Kier molecular flexibility index (Phi) is 4.40. The van der Waals surface area contributed by atoms with Gasteiger partial charge in [0.25, 0.3) is 0 Å². The predicted molar refractivity (Wildman–Crippen MR) is 101 cm³/mol. The van der Waals surface area contributed by atoms with E-state index >= 15 is 0 Å². The minimum atomic E-state index is -0.386. The van der Waals surface area contributed by atoms with Gasteiger partial charge in [-0.05, 0) is 68.1 Å². The van der Waals surface area contributed by atoms with Gasteiger partial charge in [0.1, 0.15) is 0 Å². The van der Waals surface area contributed by atoms with Crippen LogP contribution in [-0.4, -0.2) is 11.9 Å². The molecular weight excluding hydrogens is 324 g/mol. The average molecular weight is 357 g/mol. The number of hydrogen-bond donors (Lipinski definition) is 0. The van der Waals surface area contributed by atoms with Gasteiger partial charge >= 0.3 is 11.9 Å². The molecule has 0 aromatic carbocycles. The molecule has 0 spiro atoms. The lowest BCUT2D eigenvalue weighted by molar-refractivity contribution is -0.166. The quantitative estimate of drug-likeness (QED) is 0.387. The number of ether oxygens (including phenoxy) is 1. The fraction of sp³-hybridized carbons (Fsp3) is 0.739. The highest BCUT2D eigenvalue weighted by molar-refractivity contribution is 5.87. The van der Waals surface area contributed by atoms with Crippen molar-refractivity contribution in [2.45, 2.75) is 72.1 Å². The van der Waals surface area contributed by atoms with E-state index in [1.807, 2.05) is 0 Å². The molecule has 3 heteroatoms. The van der Waals surface area contributed by atoms with Crippen molar-refractivity contribution in [3.8, 4) is 0 Å². The van der Waals surface area contributed by atoms with Crippen molar-refractivity contribution in [1.82, 2.24) is 0 Å². The van der Waals surface area contributed by atoms with E-state index in [0.29, 0.717) is 17.8 Å². The maximum absolute atomic E-state index is 12.7. The van der Waals surface area contributed by atoms with Gasteiger partial charge in [0, 0.05) is 11.8 Å². The standard InChI is InChI=1S/C23H32O3/c1-4-20(24)26-21(25)19-11-10-17-16-9-8-15-7-5-6-13-22(15,2)18(16)12-14-23(17,19)3/h6-7,13,16-19H,4-5,8-12,14H2,1-3H3/t16-,17-,18-,19+,22-,23-/m0/s1. The Morgan fingerprint density at radius 3 is 2.73 bits per heavy atom. The van der Waals surface area contributed by atoms with Crippen LogP contribution in [0.3, 0.4) is 0 Å². The van der Waals surface area contributed by atoms with Crippen molar-refractivity contribution in [2.75, 3.05) is 0 Å². The lowest BCUT2D eigenvalue weighted by Crippen LogP contribution is -2.50. The van der Waals surface area contributed by atoms with E-state index in [2.05, 4.69) is 32.1 Å². The van der Waals surface area contributed by atoms with Gasteiger partial charge in [0.15, 0.2) is 0 Å². The third-order valence-electron chi connectivity index (χ3n) is 8.40. The average Bonchev–Trinajstić information content (AvgIpc) is 2.98. The molecule has 0 heterocycles. The van der Waals surface area contributed by atoms with E-state index in [9.17, 15) is 9.59 Å². The molecule has 0 N–H and O–H groups in total. The number of carbonyl (C=O) groups is 2. The molecule has 0 saturated heterocycles. The zero-order valence-corrected chi connectivity index (χ0v) is 16.4. The highest BCUT2D eigenvalue weighted by Gasteiger charge is 2.60. The zero-order valence-electron chi connectivity index (χ0n) is 16.4. The number of rotatable bonds is 2. The Morgan fingerprint density at radius 2 is 1.96 bits per heavy atom. The number of carbonyl (C=O) groups excluding carboxylic acids is 2. The van der Waals surface area contributed by atoms with Crippen LogP contribution in [-0.2, 0) is 14.3 Å². The molecule has 4 aliphatic rings. The first-order valence-corrected chi connectivity index (χ1v) is 10.5. The molecule has 4 aliphatic carbocycles. The van der Waals surface area contributed by atoms with Crippen molar-refractivity contribution in [1.29, 1.82) is 0 Å². The summed E-state index contributed by atoms with van der Waals surface area (Å²) >= 11 is 0. The van der Waals surface area contributed by atoms with Crippen LogP contribution in [0.25, 0.3) is 0 Å². The van der Waals surface area contributed by atoms with Crippen LogP contribution in [0.4, 0.5) is 0 Å². The van der Waals surface area contributed by atoms with Crippen LogP contribution >= 0.6 is 0 Å². The van der Waals surface area contributed by atoms with Gasteiger partial charge in [-0.15, -0.1) is 0 Å². The van der Waals surface area contributed by atoms with Gasteiger partial charge in [-0.1, -0.05) is 44.6 Å². The molecule has 26 heavy (non-hydrogen) atoms. The molecule has 0 unspecified atom stereocenters. The summed E-state index contributed by atoms with van der Waals surface area (Å²) in [4.78, 5) is 24.3. The van der Waals surface area contributed by atoms with Crippen LogP contribution in [0, 0.1) is 34.5 Å². The molecule has 0 aromatic heterocycles. The molecule has 3 saturated carbocycles. The number of hydrogen-bond acceptors (Lipinski definition) is 3. The van der Waals surface area contributed by atoms with Gasteiger partial charge in [-0.25, -0.2) is 0 Å². The first kappa shape index (κ1) is 18.0. The maximum Gasteiger partial charge on any atom is 0.317 e. The van der Waals surface area contributed by atoms with Crippen LogP contribution in [0.2, 0.25) is 0 Å². The Balaban J connectivity index is 1.58. The number of fused-ring (bicyclic) bond motifs is 5. The molecule has 0 amide bonds. The van der Waals surface area contributed by atoms with Crippen LogP contribution < -0.4 is 0 Å². The molecule has 142 valence electrons. The molecule has 0 aliphatic heterocycles. The Hall–Kier alpha value is -1.38. The summed E-state index contributed by atoms with van der Waals surface area (Å²) in [6.45, 7) is 6.48. The van der Waals surface area contributed by atoms with Gasteiger partial charge < -0.3 is 4.74 Å². The highest BCUT2D eigenvalue weighted by atomic mass is 16.6. The predicted octanol–water partition coefficient (Wildman–Crippen LogP) is 5.21. The Bertz CT molecular complexity index is 675. The molecule has 0 aromatic rings. The second-order valence-corrected chi connectivity index (χ2v) is 9.39. The van der Waals surface area contributed by atoms with Gasteiger partial charge in [0.05, 0.1) is 5.92 Å². The normalized spacial score (nSPS) is 43.7. The van der Waals surface area contributed by atoms with Gasteiger partial charge in [-0.2, -0.15) is 0 Å². The van der Waals surface area contributed by atoms with Gasteiger partial charge in [0.2, 0.25) is 0 Å². The minimum absolute atomic E-state index is 0.00221. The second-order valence-electron chi connectivity index (χ2n) is 9.39. The van der Waals surface area contributed by atoms with E-state index in [1.54, 1.807) is 12.5 Å². The molecule has 3 nitrogen and oxygen atoms in total. The lowest BCUT2D eigenvalue weighted by Gasteiger charge is -2.56. The number of esters is 2. The molecular formula is C23H32O3. The third kappa shape index (κ3) is 2.53. The first-order valence-electron chi connectivity index (χ1n) is 10.5. The topological polar surface area (TPSA) is 43.4 Å². The molecule has 0 bridgehead atoms. The van der Waals surface area contributed by atoms with E-state index in [-0.39, 0.29) is 35.1 Å². The fourth-order valence-corrected chi connectivity index (χ4v) is 6.98. The van der Waals surface area contributed by atoms with Crippen molar-refractivity contribution in [3.05, 3.63) is 23.8 Å². The monoisotopic (exact) mass is 356 g/mol. The molecule has 4 rings (SSSR count). The van der Waals surface area contributed by atoms with E-state index in [0.717, 1.165) is 25.7 Å². The SMILES string of the molecule is CCC(=O)OC(=O)[C@H]1CC[C@H]2[C@@H]3CCC4=CCC=C[C@]4(C)[C@H]3CC[C@]12C. The Labute approximate surface area is 157 Å². The summed E-state index contributed by atoms with van der Waals surface area (Å²) in [6.07, 6.45) is 15.3. The van der Waals surface area contributed by atoms with Crippen molar-refractivity contribution in [3.63, 3.8) is 0 Å². The van der Waals surface area contributed by atoms with Crippen molar-refractivity contribution in [2.24, 2.45) is 34.5 Å². The summed E-state index contributed by atoms with van der Waals surface area (Å²) in [5.41, 5.74) is 1.87. The zero-order chi connectivity index (χ0) is 18.5. The smallest absolute Gasteiger partial charge is 0.317 e. The van der Waals surface area contributed by atoms with E-state index in [4.69, 9.17) is 4.74 Å². The third-order valence-corrected chi connectivity index (χ3v) is 8.40. The lowest BCUT2D eigenvalue weighted by atomic mass is 9.48. The van der Waals surface area contributed by atoms with Crippen molar-refractivity contribution >= 4 is 11.9 Å². The highest BCUT2D eigenvalue weighted by Crippen LogP contribution is 2.66.